The molecule has 1 heterocycles. The van der Waals surface area contributed by atoms with Crippen molar-refractivity contribution in [3.63, 3.8) is 0 Å². The Bertz CT molecular complexity index is 724. The van der Waals surface area contributed by atoms with E-state index in [2.05, 4.69) is 10.6 Å². The van der Waals surface area contributed by atoms with Gasteiger partial charge in [-0.15, -0.1) is 0 Å². The second kappa shape index (κ2) is 10.1. The lowest BCUT2D eigenvalue weighted by Gasteiger charge is -2.31. The lowest BCUT2D eigenvalue weighted by molar-refractivity contribution is -0.122. The van der Waals surface area contributed by atoms with Crippen molar-refractivity contribution >= 4 is 19.0 Å². The van der Waals surface area contributed by atoms with Crippen molar-refractivity contribution in [1.82, 2.24) is 10.6 Å². The molecule has 0 bridgehead atoms. The standard InChI is InChI=1S/C20H30BN3O5/c22-8-9-23-12-14-6-4-13(5-7-14)10-18(25)24-17-11-15-2-1-3-16(20(26)27)19(15)29-21(17)28/h1-3,13-14,17,23,28H,4-12,22H2,(H,24,25)(H,26,27)/t13?,14?,17-/m0/s1. The van der Waals surface area contributed by atoms with Gasteiger partial charge in [-0.25, -0.2) is 4.79 Å². The van der Waals surface area contributed by atoms with Crippen molar-refractivity contribution in [1.29, 1.82) is 0 Å². The molecule has 1 aliphatic carbocycles. The molecule has 1 amide bonds. The predicted molar refractivity (Wildman–Crippen MR) is 110 cm³/mol. The molecule has 9 heteroatoms. The maximum atomic E-state index is 12.5. The zero-order valence-electron chi connectivity index (χ0n) is 16.6. The number of hydrogen-bond donors (Lipinski definition) is 5. The Labute approximate surface area is 171 Å². The van der Waals surface area contributed by atoms with Crippen LogP contribution in [0, 0.1) is 11.8 Å². The van der Waals surface area contributed by atoms with Gasteiger partial charge in [0.2, 0.25) is 5.91 Å². The number of rotatable bonds is 8. The number of aromatic carboxylic acids is 1. The summed E-state index contributed by atoms with van der Waals surface area (Å²) in [6.45, 7) is 2.47. The van der Waals surface area contributed by atoms with Crippen LogP contribution < -0.4 is 21.0 Å². The number of nitrogens with one attached hydrogen (secondary N) is 2. The van der Waals surface area contributed by atoms with Gasteiger partial charge >= 0.3 is 13.1 Å². The summed E-state index contributed by atoms with van der Waals surface area (Å²) >= 11 is 0. The van der Waals surface area contributed by atoms with Crippen LogP contribution in [-0.2, 0) is 11.2 Å². The summed E-state index contributed by atoms with van der Waals surface area (Å²) < 4.78 is 5.43. The van der Waals surface area contributed by atoms with Gasteiger partial charge in [-0.2, -0.15) is 0 Å². The average Bonchev–Trinajstić information content (AvgIpc) is 2.69. The van der Waals surface area contributed by atoms with Crippen molar-refractivity contribution in [2.24, 2.45) is 17.6 Å². The fourth-order valence-electron chi connectivity index (χ4n) is 4.29. The van der Waals surface area contributed by atoms with E-state index in [1.54, 1.807) is 12.1 Å². The van der Waals surface area contributed by atoms with Crippen LogP contribution in [0.15, 0.2) is 18.2 Å². The third-order valence-corrected chi connectivity index (χ3v) is 5.89. The number of benzene rings is 1. The van der Waals surface area contributed by atoms with Crippen molar-refractivity contribution < 1.29 is 24.4 Å². The number of carbonyl (C=O) groups is 2. The molecular formula is C20H30BN3O5. The molecule has 1 atom stereocenters. The number of hydrogen-bond acceptors (Lipinski definition) is 6. The first-order valence-corrected chi connectivity index (χ1v) is 10.4. The maximum absolute atomic E-state index is 12.5. The van der Waals surface area contributed by atoms with Crippen LogP contribution in [0.3, 0.4) is 0 Å². The molecule has 0 radical (unpaired) electrons. The molecule has 1 fully saturated rings. The number of para-hydroxylation sites is 1. The Balaban J connectivity index is 1.48. The van der Waals surface area contributed by atoms with Gasteiger partial charge in [-0.05, 0) is 62.1 Å². The van der Waals surface area contributed by atoms with E-state index in [-0.39, 0.29) is 17.2 Å². The molecule has 0 aromatic heterocycles. The lowest BCUT2D eigenvalue weighted by Crippen LogP contribution is -2.53. The minimum atomic E-state index is -1.27. The summed E-state index contributed by atoms with van der Waals surface area (Å²) in [5.74, 6) is -0.608. The van der Waals surface area contributed by atoms with E-state index in [9.17, 15) is 19.7 Å². The van der Waals surface area contributed by atoms with E-state index in [4.69, 9.17) is 10.4 Å². The second-order valence-electron chi connectivity index (χ2n) is 8.07. The van der Waals surface area contributed by atoms with Gasteiger partial charge < -0.3 is 31.2 Å². The number of amides is 1. The first-order valence-electron chi connectivity index (χ1n) is 10.4. The van der Waals surface area contributed by atoms with Crippen LogP contribution in [0.4, 0.5) is 0 Å². The van der Waals surface area contributed by atoms with E-state index in [1.165, 1.54) is 6.07 Å². The van der Waals surface area contributed by atoms with Gasteiger partial charge in [-0.3, -0.25) is 4.79 Å². The van der Waals surface area contributed by atoms with E-state index >= 15 is 0 Å². The normalized spacial score (nSPS) is 23.8. The molecule has 29 heavy (non-hydrogen) atoms. The molecule has 3 rings (SSSR count). The first kappa shape index (κ1) is 21.6. The monoisotopic (exact) mass is 403 g/mol. The maximum Gasteiger partial charge on any atom is 0.547 e. The summed E-state index contributed by atoms with van der Waals surface area (Å²) in [4.78, 5) is 23.8. The van der Waals surface area contributed by atoms with Crippen molar-refractivity contribution in [3.05, 3.63) is 29.3 Å². The van der Waals surface area contributed by atoms with Crippen molar-refractivity contribution in [2.75, 3.05) is 19.6 Å². The van der Waals surface area contributed by atoms with Crippen LogP contribution in [0.1, 0.15) is 48.0 Å². The fraction of sp³-hybridized carbons (Fsp3) is 0.600. The van der Waals surface area contributed by atoms with Gasteiger partial charge in [0.05, 0.1) is 11.5 Å². The van der Waals surface area contributed by atoms with E-state index in [1.807, 2.05) is 0 Å². The molecule has 1 aliphatic heterocycles. The van der Waals surface area contributed by atoms with E-state index in [0.29, 0.717) is 36.8 Å². The van der Waals surface area contributed by atoms with Crippen LogP contribution in [0.5, 0.6) is 5.75 Å². The van der Waals surface area contributed by atoms with Crippen LogP contribution >= 0.6 is 0 Å². The highest BCUT2D eigenvalue weighted by atomic mass is 16.5. The third-order valence-electron chi connectivity index (χ3n) is 5.89. The van der Waals surface area contributed by atoms with Gasteiger partial charge in [0.1, 0.15) is 5.75 Å². The number of fused-ring (bicyclic) bond motifs is 1. The Morgan fingerprint density at radius 2 is 1.93 bits per heavy atom. The molecular weight excluding hydrogens is 373 g/mol. The average molecular weight is 403 g/mol. The van der Waals surface area contributed by atoms with Crippen LogP contribution in [0.25, 0.3) is 0 Å². The number of carboxylic acids is 1. The van der Waals surface area contributed by atoms with Gasteiger partial charge in [-0.1, -0.05) is 12.1 Å². The summed E-state index contributed by atoms with van der Waals surface area (Å²) in [7, 11) is -1.27. The van der Waals surface area contributed by atoms with E-state index < -0.39 is 19.0 Å². The topological polar surface area (TPSA) is 134 Å². The molecule has 0 unspecified atom stereocenters. The molecule has 1 aromatic rings. The molecule has 8 nitrogen and oxygen atoms in total. The predicted octanol–water partition coefficient (Wildman–Crippen LogP) is 0.569. The Kier molecular flexibility index (Phi) is 7.52. The molecule has 0 spiro atoms. The molecule has 158 valence electrons. The number of carboxylic acid groups (broad SMARTS) is 1. The minimum absolute atomic E-state index is 0.0176. The SMILES string of the molecule is NCCNCC1CCC(CC(=O)N[C@H]2Cc3cccc(C(=O)O)c3OB2O)CC1. The first-order chi connectivity index (χ1) is 14.0. The van der Waals surface area contributed by atoms with Crippen LogP contribution in [-0.4, -0.2) is 54.7 Å². The van der Waals surface area contributed by atoms with Crippen molar-refractivity contribution in [3.8, 4) is 5.75 Å². The Hall–Kier alpha value is -2.10. The number of carbonyl (C=O) groups excluding carboxylic acids is 1. The molecule has 1 aromatic carbocycles. The zero-order valence-corrected chi connectivity index (χ0v) is 16.6. The molecule has 2 aliphatic rings. The third kappa shape index (κ3) is 5.71. The second-order valence-corrected chi connectivity index (χ2v) is 8.07. The van der Waals surface area contributed by atoms with Crippen molar-refractivity contribution in [2.45, 2.75) is 44.5 Å². The summed E-state index contributed by atoms with van der Waals surface area (Å²) in [6, 6.07) is 4.84. The largest absolute Gasteiger partial charge is 0.547 e. The highest BCUT2D eigenvalue weighted by molar-refractivity contribution is 6.47. The van der Waals surface area contributed by atoms with Gasteiger partial charge in [0.15, 0.2) is 0 Å². The zero-order chi connectivity index (χ0) is 20.8. The highest BCUT2D eigenvalue weighted by Crippen LogP contribution is 2.32. The molecule has 0 saturated heterocycles. The summed E-state index contributed by atoms with van der Waals surface area (Å²) in [6.07, 6.45) is 5.04. The Morgan fingerprint density at radius 3 is 2.62 bits per heavy atom. The summed E-state index contributed by atoms with van der Waals surface area (Å²) in [5, 5.41) is 25.8. The van der Waals surface area contributed by atoms with E-state index in [0.717, 1.165) is 38.8 Å². The van der Waals surface area contributed by atoms with Gasteiger partial charge in [0, 0.05) is 19.5 Å². The van der Waals surface area contributed by atoms with Gasteiger partial charge in [0.25, 0.3) is 0 Å². The minimum Gasteiger partial charge on any atom is -0.534 e. The lowest BCUT2D eigenvalue weighted by atomic mass is 9.72. The molecule has 1 saturated carbocycles. The summed E-state index contributed by atoms with van der Waals surface area (Å²) in [5.41, 5.74) is 6.18. The quantitative estimate of drug-likeness (QED) is 0.316. The number of nitrogens with two attached hydrogens (primary N) is 1. The Morgan fingerprint density at radius 1 is 1.21 bits per heavy atom. The highest BCUT2D eigenvalue weighted by Gasteiger charge is 2.38. The smallest absolute Gasteiger partial charge is 0.534 e. The molecule has 6 N–H and O–H groups in total. The fourth-order valence-corrected chi connectivity index (χ4v) is 4.29. The van der Waals surface area contributed by atoms with Crippen LogP contribution in [0.2, 0.25) is 0 Å².